The van der Waals surface area contributed by atoms with Crippen LogP contribution in [0, 0.1) is 0 Å². The SMILES string of the molecule is CC(C)NC[C@@H](O)COc1cccc(OC[C@H](O)CNC(C)C)c1. The molecule has 0 bridgehead atoms. The minimum Gasteiger partial charge on any atom is -0.491 e. The Bertz CT molecular complexity index is 417. The maximum Gasteiger partial charge on any atom is 0.123 e. The average molecular weight is 340 g/mol. The van der Waals surface area contributed by atoms with Gasteiger partial charge >= 0.3 is 0 Å². The Morgan fingerprint density at radius 1 is 0.833 bits per heavy atom. The lowest BCUT2D eigenvalue weighted by Gasteiger charge is -2.16. The first-order chi connectivity index (χ1) is 11.4. The number of hydrogen-bond acceptors (Lipinski definition) is 6. The van der Waals surface area contributed by atoms with Crippen LogP contribution in [0.5, 0.6) is 11.5 Å². The molecule has 0 saturated heterocycles. The Labute approximate surface area is 145 Å². The van der Waals surface area contributed by atoms with Gasteiger partial charge in [-0.2, -0.15) is 0 Å². The van der Waals surface area contributed by atoms with E-state index in [-0.39, 0.29) is 13.2 Å². The molecule has 24 heavy (non-hydrogen) atoms. The quantitative estimate of drug-likeness (QED) is 0.457. The molecule has 138 valence electrons. The number of aliphatic hydroxyl groups excluding tert-OH is 2. The highest BCUT2D eigenvalue weighted by Crippen LogP contribution is 2.19. The van der Waals surface area contributed by atoms with Gasteiger partial charge in [-0.25, -0.2) is 0 Å². The van der Waals surface area contributed by atoms with E-state index in [1.165, 1.54) is 0 Å². The van der Waals surface area contributed by atoms with E-state index < -0.39 is 12.2 Å². The summed E-state index contributed by atoms with van der Waals surface area (Å²) in [5.74, 6) is 1.26. The van der Waals surface area contributed by atoms with E-state index in [9.17, 15) is 10.2 Å². The molecule has 0 amide bonds. The van der Waals surface area contributed by atoms with Crippen LogP contribution in [0.25, 0.3) is 0 Å². The summed E-state index contributed by atoms with van der Waals surface area (Å²) in [4.78, 5) is 0. The fourth-order valence-corrected chi connectivity index (χ4v) is 1.90. The van der Waals surface area contributed by atoms with Crippen molar-refractivity contribution in [2.45, 2.75) is 52.0 Å². The van der Waals surface area contributed by atoms with E-state index in [4.69, 9.17) is 9.47 Å². The summed E-state index contributed by atoms with van der Waals surface area (Å²) in [6.07, 6.45) is -1.14. The zero-order valence-corrected chi connectivity index (χ0v) is 15.2. The number of rotatable bonds is 12. The van der Waals surface area contributed by atoms with Gasteiger partial charge in [0.25, 0.3) is 0 Å². The van der Waals surface area contributed by atoms with Gasteiger partial charge in [-0.05, 0) is 12.1 Å². The maximum atomic E-state index is 9.85. The first kappa shape index (κ1) is 20.7. The van der Waals surface area contributed by atoms with Gasteiger partial charge in [-0.1, -0.05) is 33.8 Å². The second-order valence-electron chi connectivity index (χ2n) is 6.53. The van der Waals surface area contributed by atoms with E-state index in [1.807, 2.05) is 45.9 Å². The molecule has 0 aliphatic heterocycles. The van der Waals surface area contributed by atoms with Gasteiger partial charge in [0.2, 0.25) is 0 Å². The van der Waals surface area contributed by atoms with Crippen molar-refractivity contribution in [3.05, 3.63) is 24.3 Å². The van der Waals surface area contributed by atoms with Crippen molar-refractivity contribution in [3.8, 4) is 11.5 Å². The van der Waals surface area contributed by atoms with Gasteiger partial charge in [0.05, 0.1) is 0 Å². The third-order valence-corrected chi connectivity index (χ3v) is 3.21. The number of benzene rings is 1. The predicted octanol–water partition coefficient (Wildman–Crippen LogP) is 1.16. The summed E-state index contributed by atoms with van der Waals surface area (Å²) < 4.78 is 11.2. The van der Waals surface area contributed by atoms with Crippen molar-refractivity contribution in [2.24, 2.45) is 0 Å². The number of hydrogen-bond donors (Lipinski definition) is 4. The summed E-state index contributed by atoms with van der Waals surface area (Å²) in [6.45, 7) is 9.51. The summed E-state index contributed by atoms with van der Waals surface area (Å²) >= 11 is 0. The Morgan fingerprint density at radius 3 is 1.62 bits per heavy atom. The fraction of sp³-hybridized carbons (Fsp3) is 0.667. The highest BCUT2D eigenvalue weighted by atomic mass is 16.5. The number of aliphatic hydroxyl groups is 2. The van der Waals surface area contributed by atoms with Crippen LogP contribution in [-0.4, -0.2) is 60.8 Å². The minimum absolute atomic E-state index is 0.212. The van der Waals surface area contributed by atoms with Gasteiger partial charge in [0.15, 0.2) is 0 Å². The Morgan fingerprint density at radius 2 is 1.25 bits per heavy atom. The standard InChI is InChI=1S/C18H32N2O4/c1-13(2)19-9-15(21)11-23-17-6-5-7-18(8-17)24-12-16(22)10-20-14(3)4/h5-8,13-16,19-22H,9-12H2,1-4H3/t15-,16-/m1/s1. The van der Waals surface area contributed by atoms with Crippen LogP contribution in [0.4, 0.5) is 0 Å². The molecule has 1 aromatic carbocycles. The van der Waals surface area contributed by atoms with Crippen molar-refractivity contribution in [1.82, 2.24) is 10.6 Å². The third kappa shape index (κ3) is 9.72. The molecule has 1 rings (SSSR count). The smallest absolute Gasteiger partial charge is 0.123 e. The molecule has 0 unspecified atom stereocenters. The van der Waals surface area contributed by atoms with Crippen LogP contribution in [-0.2, 0) is 0 Å². The van der Waals surface area contributed by atoms with Crippen molar-refractivity contribution in [2.75, 3.05) is 26.3 Å². The Balaban J connectivity index is 2.35. The normalized spacial score (nSPS) is 14.0. The van der Waals surface area contributed by atoms with Gasteiger partial charge in [0.1, 0.15) is 36.9 Å². The first-order valence-electron chi connectivity index (χ1n) is 8.55. The lowest BCUT2D eigenvalue weighted by atomic mass is 10.3. The molecule has 2 atom stereocenters. The number of ether oxygens (including phenoxy) is 2. The van der Waals surface area contributed by atoms with Crippen LogP contribution >= 0.6 is 0 Å². The van der Waals surface area contributed by atoms with Crippen LogP contribution in [0.1, 0.15) is 27.7 Å². The minimum atomic E-state index is -0.569. The van der Waals surface area contributed by atoms with Crippen LogP contribution < -0.4 is 20.1 Å². The van der Waals surface area contributed by atoms with Gasteiger partial charge in [-0.3, -0.25) is 0 Å². The molecule has 0 saturated carbocycles. The van der Waals surface area contributed by atoms with Gasteiger partial charge < -0.3 is 30.3 Å². The zero-order valence-electron chi connectivity index (χ0n) is 15.2. The summed E-state index contributed by atoms with van der Waals surface area (Å²) in [6, 6.07) is 7.85. The molecule has 6 heteroatoms. The monoisotopic (exact) mass is 340 g/mol. The molecule has 0 aliphatic carbocycles. The van der Waals surface area contributed by atoms with E-state index in [1.54, 1.807) is 6.07 Å². The molecule has 1 aromatic rings. The molecule has 0 spiro atoms. The summed E-state index contributed by atoms with van der Waals surface area (Å²) in [7, 11) is 0. The Kier molecular flexibility index (Phi) is 9.71. The fourth-order valence-electron chi connectivity index (χ4n) is 1.90. The van der Waals surface area contributed by atoms with Gasteiger partial charge in [-0.15, -0.1) is 0 Å². The van der Waals surface area contributed by atoms with Crippen LogP contribution in [0.3, 0.4) is 0 Å². The Hall–Kier alpha value is -1.34. The van der Waals surface area contributed by atoms with Crippen molar-refractivity contribution in [1.29, 1.82) is 0 Å². The van der Waals surface area contributed by atoms with E-state index in [0.29, 0.717) is 36.7 Å². The molecular formula is C18H32N2O4. The average Bonchev–Trinajstić information content (AvgIpc) is 2.54. The molecule has 6 nitrogen and oxygen atoms in total. The largest absolute Gasteiger partial charge is 0.491 e. The lowest BCUT2D eigenvalue weighted by molar-refractivity contribution is 0.101. The first-order valence-corrected chi connectivity index (χ1v) is 8.55. The highest BCUT2D eigenvalue weighted by molar-refractivity contribution is 5.32. The predicted molar refractivity (Wildman–Crippen MR) is 95.7 cm³/mol. The van der Waals surface area contributed by atoms with Crippen molar-refractivity contribution in [3.63, 3.8) is 0 Å². The molecule has 4 N–H and O–H groups in total. The topological polar surface area (TPSA) is 83.0 Å². The highest BCUT2D eigenvalue weighted by Gasteiger charge is 2.08. The van der Waals surface area contributed by atoms with Crippen LogP contribution in [0.2, 0.25) is 0 Å². The summed E-state index contributed by atoms with van der Waals surface area (Å²) in [5.41, 5.74) is 0. The second kappa shape index (κ2) is 11.3. The van der Waals surface area contributed by atoms with Crippen molar-refractivity contribution >= 4 is 0 Å². The third-order valence-electron chi connectivity index (χ3n) is 3.21. The molecule has 0 fully saturated rings. The second-order valence-corrected chi connectivity index (χ2v) is 6.53. The van der Waals surface area contributed by atoms with Crippen molar-refractivity contribution < 1.29 is 19.7 Å². The van der Waals surface area contributed by atoms with Gasteiger partial charge in [0, 0.05) is 31.2 Å². The lowest BCUT2D eigenvalue weighted by Crippen LogP contribution is -2.35. The van der Waals surface area contributed by atoms with E-state index in [0.717, 1.165) is 0 Å². The van der Waals surface area contributed by atoms with E-state index in [2.05, 4.69) is 10.6 Å². The molecule has 0 aliphatic rings. The van der Waals surface area contributed by atoms with E-state index >= 15 is 0 Å². The summed E-state index contributed by atoms with van der Waals surface area (Å²) in [5, 5.41) is 26.0. The molecule has 0 aromatic heterocycles. The molecular weight excluding hydrogens is 308 g/mol. The maximum absolute atomic E-state index is 9.85. The molecule has 0 heterocycles. The van der Waals surface area contributed by atoms with Crippen LogP contribution in [0.15, 0.2) is 24.3 Å². The zero-order chi connectivity index (χ0) is 17.9. The number of nitrogens with one attached hydrogen (secondary N) is 2. The molecule has 0 radical (unpaired) electrons.